The predicted octanol–water partition coefficient (Wildman–Crippen LogP) is 4.35. The van der Waals surface area contributed by atoms with Gasteiger partial charge in [-0.1, -0.05) is 48.3 Å². The van der Waals surface area contributed by atoms with Gasteiger partial charge in [-0.2, -0.15) is 0 Å². The molecular formula is C18H19Cl2NO3. The van der Waals surface area contributed by atoms with Crippen molar-refractivity contribution in [3.8, 4) is 11.5 Å². The number of hydrogen-bond acceptors (Lipinski definition) is 3. The summed E-state index contributed by atoms with van der Waals surface area (Å²) in [5.74, 6) is 0.965. The molecule has 4 nitrogen and oxygen atoms in total. The molecule has 0 saturated carbocycles. The Morgan fingerprint density at radius 2 is 1.96 bits per heavy atom. The van der Waals surface area contributed by atoms with E-state index in [4.69, 9.17) is 32.7 Å². The smallest absolute Gasteiger partial charge is 0.261 e. The number of halogens is 2. The Labute approximate surface area is 151 Å². The zero-order valence-electron chi connectivity index (χ0n) is 13.3. The summed E-state index contributed by atoms with van der Waals surface area (Å²) in [5.41, 5.74) is 0. The summed E-state index contributed by atoms with van der Waals surface area (Å²) in [4.78, 5) is 12.2. The van der Waals surface area contributed by atoms with Crippen LogP contribution in [0.3, 0.4) is 0 Å². The number of ether oxygens (including phenoxy) is 2. The van der Waals surface area contributed by atoms with E-state index in [1.807, 2.05) is 19.1 Å². The van der Waals surface area contributed by atoms with Crippen molar-refractivity contribution in [1.82, 2.24) is 5.32 Å². The number of para-hydroxylation sites is 1. The first kappa shape index (κ1) is 18.4. The number of hydrogen-bond donors (Lipinski definition) is 1. The van der Waals surface area contributed by atoms with Crippen LogP contribution in [0.25, 0.3) is 0 Å². The predicted molar refractivity (Wildman–Crippen MR) is 96.1 cm³/mol. The second-order valence-electron chi connectivity index (χ2n) is 5.04. The van der Waals surface area contributed by atoms with Crippen molar-refractivity contribution in [1.29, 1.82) is 0 Å². The fraction of sp³-hybridized carbons (Fsp3) is 0.278. The van der Waals surface area contributed by atoms with Gasteiger partial charge in [-0.05, 0) is 36.8 Å². The molecule has 0 aliphatic carbocycles. The molecule has 0 unspecified atom stereocenters. The lowest BCUT2D eigenvalue weighted by Crippen LogP contribution is -2.39. The molecule has 0 radical (unpaired) electrons. The summed E-state index contributed by atoms with van der Waals surface area (Å²) in [6.45, 7) is 2.57. The molecule has 6 heteroatoms. The van der Waals surface area contributed by atoms with Crippen LogP contribution in [-0.4, -0.2) is 25.2 Å². The third kappa shape index (κ3) is 5.62. The van der Waals surface area contributed by atoms with Gasteiger partial charge in [0, 0.05) is 5.02 Å². The number of benzene rings is 2. The van der Waals surface area contributed by atoms with E-state index in [1.54, 1.807) is 36.4 Å². The fourth-order valence-electron chi connectivity index (χ4n) is 2.04. The fourth-order valence-corrected chi connectivity index (χ4v) is 2.41. The van der Waals surface area contributed by atoms with Crippen molar-refractivity contribution >= 4 is 29.1 Å². The Balaban J connectivity index is 1.78. The summed E-state index contributed by atoms with van der Waals surface area (Å²) in [5, 5.41) is 3.90. The minimum atomic E-state index is -0.580. The zero-order chi connectivity index (χ0) is 17.4. The van der Waals surface area contributed by atoms with E-state index >= 15 is 0 Å². The van der Waals surface area contributed by atoms with E-state index in [-0.39, 0.29) is 5.91 Å². The molecule has 2 aromatic carbocycles. The minimum absolute atomic E-state index is 0.194. The highest BCUT2D eigenvalue weighted by Crippen LogP contribution is 2.22. The van der Waals surface area contributed by atoms with Crippen LogP contribution in [0.15, 0.2) is 48.5 Å². The average molecular weight is 368 g/mol. The Kier molecular flexibility index (Phi) is 7.22. The topological polar surface area (TPSA) is 47.6 Å². The highest BCUT2D eigenvalue weighted by atomic mass is 35.5. The Morgan fingerprint density at radius 1 is 1.17 bits per heavy atom. The van der Waals surface area contributed by atoms with E-state index in [2.05, 4.69) is 5.32 Å². The van der Waals surface area contributed by atoms with Gasteiger partial charge in [-0.3, -0.25) is 4.79 Å². The van der Waals surface area contributed by atoms with Gasteiger partial charge in [-0.15, -0.1) is 0 Å². The van der Waals surface area contributed by atoms with Gasteiger partial charge in [0.15, 0.2) is 6.10 Å². The van der Waals surface area contributed by atoms with Gasteiger partial charge in [0.25, 0.3) is 5.91 Å². The maximum atomic E-state index is 12.2. The van der Waals surface area contributed by atoms with Crippen LogP contribution in [0, 0.1) is 0 Å². The monoisotopic (exact) mass is 367 g/mol. The van der Waals surface area contributed by atoms with E-state index in [1.165, 1.54) is 0 Å². The Morgan fingerprint density at radius 3 is 2.67 bits per heavy atom. The van der Waals surface area contributed by atoms with Gasteiger partial charge in [0.2, 0.25) is 0 Å². The molecule has 0 saturated heterocycles. The van der Waals surface area contributed by atoms with E-state index in [0.717, 1.165) is 0 Å². The number of carbonyl (C=O) groups is 1. The largest absolute Gasteiger partial charge is 0.490 e. The normalized spacial score (nSPS) is 11.6. The highest BCUT2D eigenvalue weighted by molar-refractivity contribution is 6.32. The van der Waals surface area contributed by atoms with Crippen LogP contribution in [0.2, 0.25) is 10.0 Å². The second kappa shape index (κ2) is 9.40. The molecule has 2 aromatic rings. The lowest BCUT2D eigenvalue weighted by atomic mass is 10.2. The lowest BCUT2D eigenvalue weighted by Gasteiger charge is -2.17. The second-order valence-corrected chi connectivity index (χ2v) is 5.89. The summed E-state index contributed by atoms with van der Waals surface area (Å²) in [6, 6.07) is 14.2. The third-order valence-corrected chi connectivity index (χ3v) is 3.78. The number of carbonyl (C=O) groups excluding carboxylic acids is 1. The summed E-state index contributed by atoms with van der Waals surface area (Å²) >= 11 is 11.9. The summed E-state index contributed by atoms with van der Waals surface area (Å²) < 4.78 is 11.2. The molecule has 0 aromatic heterocycles. The van der Waals surface area contributed by atoms with Crippen LogP contribution >= 0.6 is 23.2 Å². The molecule has 0 aliphatic rings. The molecular weight excluding hydrogens is 349 g/mol. The molecule has 24 heavy (non-hydrogen) atoms. The zero-order valence-corrected chi connectivity index (χ0v) is 14.8. The van der Waals surface area contributed by atoms with Crippen molar-refractivity contribution in [3.63, 3.8) is 0 Å². The van der Waals surface area contributed by atoms with Gasteiger partial charge >= 0.3 is 0 Å². The van der Waals surface area contributed by atoms with Crippen molar-refractivity contribution in [2.24, 2.45) is 0 Å². The molecule has 1 N–H and O–H groups in total. The average Bonchev–Trinajstić information content (AvgIpc) is 2.58. The molecule has 0 bridgehead atoms. The minimum Gasteiger partial charge on any atom is -0.490 e. The molecule has 2 rings (SSSR count). The molecule has 1 atom stereocenters. The van der Waals surface area contributed by atoms with Crippen molar-refractivity contribution < 1.29 is 14.3 Å². The molecule has 0 heterocycles. The highest BCUT2D eigenvalue weighted by Gasteiger charge is 2.18. The SMILES string of the molecule is CC[C@@H](Oc1cccc(Cl)c1)C(=O)NCCOc1ccccc1Cl. The van der Waals surface area contributed by atoms with Crippen LogP contribution in [0.5, 0.6) is 11.5 Å². The number of amides is 1. The van der Waals surface area contributed by atoms with Crippen molar-refractivity contribution in [3.05, 3.63) is 58.6 Å². The maximum Gasteiger partial charge on any atom is 0.261 e. The first-order valence-corrected chi connectivity index (χ1v) is 8.43. The van der Waals surface area contributed by atoms with Crippen LogP contribution in [0.4, 0.5) is 0 Å². The van der Waals surface area contributed by atoms with Crippen molar-refractivity contribution in [2.45, 2.75) is 19.4 Å². The lowest BCUT2D eigenvalue weighted by molar-refractivity contribution is -0.128. The van der Waals surface area contributed by atoms with E-state index in [0.29, 0.717) is 41.1 Å². The standard InChI is InChI=1S/C18H19Cl2NO3/c1-2-16(24-14-7-5-6-13(19)12-14)18(22)21-10-11-23-17-9-4-3-8-15(17)20/h3-9,12,16H,2,10-11H2,1H3,(H,21,22)/t16-/m1/s1. The molecule has 0 spiro atoms. The first-order chi connectivity index (χ1) is 11.6. The van der Waals surface area contributed by atoms with Crippen LogP contribution < -0.4 is 14.8 Å². The van der Waals surface area contributed by atoms with Crippen molar-refractivity contribution in [2.75, 3.05) is 13.2 Å². The maximum absolute atomic E-state index is 12.2. The van der Waals surface area contributed by atoms with Gasteiger partial charge in [-0.25, -0.2) is 0 Å². The first-order valence-electron chi connectivity index (χ1n) is 7.67. The molecule has 128 valence electrons. The van der Waals surface area contributed by atoms with Gasteiger partial charge in [0.1, 0.15) is 18.1 Å². The number of nitrogens with one attached hydrogen (secondary N) is 1. The van der Waals surface area contributed by atoms with Gasteiger partial charge < -0.3 is 14.8 Å². The summed E-state index contributed by atoms with van der Waals surface area (Å²) in [7, 11) is 0. The molecule has 1 amide bonds. The molecule has 0 fully saturated rings. The van der Waals surface area contributed by atoms with E-state index < -0.39 is 6.10 Å². The summed E-state index contributed by atoms with van der Waals surface area (Å²) in [6.07, 6.45) is -0.0345. The quantitative estimate of drug-likeness (QED) is 0.705. The Hall–Kier alpha value is -1.91. The van der Waals surface area contributed by atoms with Gasteiger partial charge in [0.05, 0.1) is 11.6 Å². The third-order valence-electron chi connectivity index (χ3n) is 3.23. The molecule has 0 aliphatic heterocycles. The Bertz CT molecular complexity index is 679. The van der Waals surface area contributed by atoms with E-state index in [9.17, 15) is 4.79 Å². The van der Waals surface area contributed by atoms with Crippen LogP contribution in [-0.2, 0) is 4.79 Å². The number of rotatable bonds is 8. The van der Waals surface area contributed by atoms with Crippen LogP contribution in [0.1, 0.15) is 13.3 Å².